The highest BCUT2D eigenvalue weighted by Gasteiger charge is 2.30. The van der Waals surface area contributed by atoms with Crippen LogP contribution in [-0.4, -0.2) is 55.3 Å². The summed E-state index contributed by atoms with van der Waals surface area (Å²) in [7, 11) is -3.54. The minimum Gasteiger partial charge on any atom is -0.389 e. The number of thiocarbonyl (C=S) groups is 1. The van der Waals surface area contributed by atoms with Gasteiger partial charge in [0.15, 0.2) is 0 Å². The zero-order chi connectivity index (χ0) is 15.5. The molecule has 1 aliphatic rings. The largest absolute Gasteiger partial charge is 0.389 e. The van der Waals surface area contributed by atoms with E-state index in [2.05, 4.69) is 11.8 Å². The monoisotopic (exact) mass is 327 g/mol. The van der Waals surface area contributed by atoms with E-state index in [4.69, 9.17) is 18.0 Å². The Morgan fingerprint density at radius 2 is 1.86 bits per heavy atom. The number of piperazine rings is 1. The van der Waals surface area contributed by atoms with E-state index in [0.717, 1.165) is 26.1 Å². The molecule has 1 aliphatic heterocycles. The molecule has 5 nitrogen and oxygen atoms in total. The van der Waals surface area contributed by atoms with Crippen molar-refractivity contribution in [3.8, 4) is 0 Å². The third-order valence-corrected chi connectivity index (χ3v) is 5.82. The van der Waals surface area contributed by atoms with Gasteiger partial charge in [-0.2, -0.15) is 4.31 Å². The summed E-state index contributed by atoms with van der Waals surface area (Å²) in [6.07, 6.45) is 1.08. The van der Waals surface area contributed by atoms with Crippen molar-refractivity contribution in [2.45, 2.75) is 18.2 Å². The molecular formula is C14H21N3O2S2. The standard InChI is InChI=1S/C14H21N3O2S2/c1-2-7-16-8-10-17(11-9-16)21(18,19)13-6-4-3-5-12(13)14(15)20/h3-6H,2,7-11H2,1H3,(H2,15,20). The van der Waals surface area contributed by atoms with Gasteiger partial charge in [-0.05, 0) is 19.0 Å². The summed E-state index contributed by atoms with van der Waals surface area (Å²) in [6.45, 7) is 5.69. The van der Waals surface area contributed by atoms with E-state index in [-0.39, 0.29) is 9.88 Å². The van der Waals surface area contributed by atoms with Crippen LogP contribution in [-0.2, 0) is 10.0 Å². The van der Waals surface area contributed by atoms with Crippen LogP contribution in [0.4, 0.5) is 0 Å². The lowest BCUT2D eigenvalue weighted by Gasteiger charge is -2.34. The summed E-state index contributed by atoms with van der Waals surface area (Å²) >= 11 is 4.96. The van der Waals surface area contributed by atoms with Crippen molar-refractivity contribution >= 4 is 27.2 Å². The lowest BCUT2D eigenvalue weighted by molar-refractivity contribution is 0.188. The summed E-state index contributed by atoms with van der Waals surface area (Å²) in [4.78, 5) is 2.60. The molecule has 0 radical (unpaired) electrons. The Morgan fingerprint density at radius 3 is 2.43 bits per heavy atom. The van der Waals surface area contributed by atoms with Gasteiger partial charge in [0.1, 0.15) is 4.99 Å². The molecule has 7 heteroatoms. The van der Waals surface area contributed by atoms with Crippen LogP contribution in [0.15, 0.2) is 29.2 Å². The van der Waals surface area contributed by atoms with Gasteiger partial charge in [-0.15, -0.1) is 0 Å². The van der Waals surface area contributed by atoms with E-state index in [9.17, 15) is 8.42 Å². The Bertz CT molecular complexity index is 608. The Kier molecular flexibility index (Phi) is 5.32. The number of rotatable bonds is 5. The number of hydrogen-bond acceptors (Lipinski definition) is 4. The normalized spacial score (nSPS) is 17.8. The van der Waals surface area contributed by atoms with Crippen LogP contribution < -0.4 is 5.73 Å². The molecular weight excluding hydrogens is 306 g/mol. The first kappa shape index (κ1) is 16.4. The van der Waals surface area contributed by atoms with Gasteiger partial charge in [-0.3, -0.25) is 0 Å². The summed E-state index contributed by atoms with van der Waals surface area (Å²) in [6, 6.07) is 6.67. The Balaban J connectivity index is 2.22. The molecule has 0 atom stereocenters. The Morgan fingerprint density at radius 1 is 1.24 bits per heavy atom. The van der Waals surface area contributed by atoms with E-state index in [1.165, 1.54) is 4.31 Å². The molecule has 0 aromatic heterocycles. The van der Waals surface area contributed by atoms with Gasteiger partial charge in [0, 0.05) is 31.7 Å². The molecule has 0 amide bonds. The maximum Gasteiger partial charge on any atom is 0.243 e. The van der Waals surface area contributed by atoms with E-state index >= 15 is 0 Å². The van der Waals surface area contributed by atoms with Crippen LogP contribution in [0.5, 0.6) is 0 Å². The fraction of sp³-hybridized carbons (Fsp3) is 0.500. The van der Waals surface area contributed by atoms with Crippen LogP contribution in [0, 0.1) is 0 Å². The van der Waals surface area contributed by atoms with Gasteiger partial charge < -0.3 is 10.6 Å². The summed E-state index contributed by atoms with van der Waals surface area (Å²) in [5, 5.41) is 0. The molecule has 2 N–H and O–H groups in total. The van der Waals surface area contributed by atoms with Crippen LogP contribution in [0.25, 0.3) is 0 Å². The predicted molar refractivity (Wildman–Crippen MR) is 87.8 cm³/mol. The SMILES string of the molecule is CCCN1CCN(S(=O)(=O)c2ccccc2C(N)=S)CC1. The third kappa shape index (κ3) is 3.60. The van der Waals surface area contributed by atoms with Crippen molar-refractivity contribution in [1.29, 1.82) is 0 Å². The van der Waals surface area contributed by atoms with Crippen molar-refractivity contribution < 1.29 is 8.42 Å². The highest BCUT2D eigenvalue weighted by atomic mass is 32.2. The third-order valence-electron chi connectivity index (χ3n) is 3.64. The van der Waals surface area contributed by atoms with Gasteiger partial charge in [-0.25, -0.2) is 8.42 Å². The van der Waals surface area contributed by atoms with Gasteiger partial charge in [0.05, 0.1) is 4.90 Å². The zero-order valence-electron chi connectivity index (χ0n) is 12.2. The van der Waals surface area contributed by atoms with Crippen molar-refractivity contribution in [3.05, 3.63) is 29.8 Å². The maximum atomic E-state index is 12.8. The van der Waals surface area contributed by atoms with Crippen LogP contribution >= 0.6 is 12.2 Å². The minimum atomic E-state index is -3.54. The van der Waals surface area contributed by atoms with Crippen molar-refractivity contribution in [2.75, 3.05) is 32.7 Å². The number of nitrogens with zero attached hydrogens (tertiary/aromatic N) is 2. The highest BCUT2D eigenvalue weighted by Crippen LogP contribution is 2.21. The lowest BCUT2D eigenvalue weighted by Crippen LogP contribution is -2.48. The van der Waals surface area contributed by atoms with Crippen molar-refractivity contribution in [3.63, 3.8) is 0 Å². The number of nitrogens with two attached hydrogens (primary N) is 1. The first-order valence-corrected chi connectivity index (χ1v) is 8.93. The number of sulfonamides is 1. The molecule has 2 rings (SSSR count). The fourth-order valence-corrected chi connectivity index (χ4v) is 4.42. The number of hydrogen-bond donors (Lipinski definition) is 1. The quantitative estimate of drug-likeness (QED) is 0.819. The smallest absolute Gasteiger partial charge is 0.243 e. The average Bonchev–Trinajstić information content (AvgIpc) is 2.48. The van der Waals surface area contributed by atoms with E-state index < -0.39 is 10.0 Å². The first-order valence-electron chi connectivity index (χ1n) is 7.08. The second kappa shape index (κ2) is 6.83. The molecule has 0 aliphatic carbocycles. The second-order valence-electron chi connectivity index (χ2n) is 5.11. The van der Waals surface area contributed by atoms with Crippen LogP contribution in [0.2, 0.25) is 0 Å². The highest BCUT2D eigenvalue weighted by molar-refractivity contribution is 7.89. The van der Waals surface area contributed by atoms with E-state index in [0.29, 0.717) is 18.7 Å². The van der Waals surface area contributed by atoms with Gasteiger partial charge in [0.25, 0.3) is 0 Å². The summed E-state index contributed by atoms with van der Waals surface area (Å²) < 4.78 is 27.1. The van der Waals surface area contributed by atoms with Gasteiger partial charge >= 0.3 is 0 Å². The molecule has 1 aromatic carbocycles. The predicted octanol–water partition coefficient (Wildman–Crippen LogP) is 1.04. The molecule has 1 saturated heterocycles. The lowest BCUT2D eigenvalue weighted by atomic mass is 10.2. The maximum absolute atomic E-state index is 12.8. The van der Waals surface area contributed by atoms with E-state index in [1.807, 2.05) is 0 Å². The zero-order valence-corrected chi connectivity index (χ0v) is 13.8. The fourth-order valence-electron chi connectivity index (χ4n) is 2.54. The molecule has 116 valence electrons. The summed E-state index contributed by atoms with van der Waals surface area (Å²) in [5.41, 5.74) is 6.06. The molecule has 0 spiro atoms. The number of benzene rings is 1. The van der Waals surface area contributed by atoms with Crippen molar-refractivity contribution in [1.82, 2.24) is 9.21 Å². The minimum absolute atomic E-state index is 0.110. The molecule has 1 heterocycles. The van der Waals surface area contributed by atoms with Crippen LogP contribution in [0.1, 0.15) is 18.9 Å². The van der Waals surface area contributed by atoms with Gasteiger partial charge in [-0.1, -0.05) is 37.3 Å². The molecule has 0 saturated carbocycles. The van der Waals surface area contributed by atoms with E-state index in [1.54, 1.807) is 24.3 Å². The molecule has 1 fully saturated rings. The summed E-state index contributed by atoms with van der Waals surface area (Å²) in [5.74, 6) is 0. The average molecular weight is 327 g/mol. The Labute approximate surface area is 131 Å². The topological polar surface area (TPSA) is 66.6 Å². The Hall–Kier alpha value is -1.02. The molecule has 21 heavy (non-hydrogen) atoms. The first-order chi connectivity index (χ1) is 9.96. The van der Waals surface area contributed by atoms with Crippen LogP contribution in [0.3, 0.4) is 0 Å². The molecule has 0 bridgehead atoms. The van der Waals surface area contributed by atoms with Crippen molar-refractivity contribution in [2.24, 2.45) is 5.73 Å². The second-order valence-corrected chi connectivity index (χ2v) is 7.45. The van der Waals surface area contributed by atoms with Gasteiger partial charge in [0.2, 0.25) is 10.0 Å². The molecule has 0 unspecified atom stereocenters. The molecule has 1 aromatic rings.